The first-order valence-electron chi connectivity index (χ1n) is 20.6. The lowest BCUT2D eigenvalue weighted by Gasteiger charge is -2.39. The number of fused-ring (bicyclic) bond motifs is 10. The molecule has 3 atom stereocenters. The molecule has 0 aromatic heterocycles. The molecule has 0 bridgehead atoms. The van der Waals surface area contributed by atoms with Crippen molar-refractivity contribution in [3.05, 3.63) is 209 Å². The summed E-state index contributed by atoms with van der Waals surface area (Å²) in [5.41, 5.74) is 14.0. The van der Waals surface area contributed by atoms with Gasteiger partial charge in [-0.25, -0.2) is 0 Å². The number of rotatable bonds is 4. The van der Waals surface area contributed by atoms with Crippen LogP contribution >= 0.6 is 0 Å². The molecule has 276 valence electrons. The zero-order valence-electron chi connectivity index (χ0n) is 31.7. The van der Waals surface area contributed by atoms with Crippen LogP contribution < -0.4 is 19.3 Å². The van der Waals surface area contributed by atoms with Gasteiger partial charge in [0.2, 0.25) is 0 Å². The number of allylic oxidation sites excluding steroid dienone is 11. The third kappa shape index (κ3) is 4.99. The molecule has 2 heterocycles. The van der Waals surface area contributed by atoms with E-state index < -0.39 is 0 Å². The second kappa shape index (κ2) is 12.8. The number of anilines is 4. The highest BCUT2D eigenvalue weighted by Crippen LogP contribution is 2.62. The van der Waals surface area contributed by atoms with E-state index in [0.717, 1.165) is 52.2 Å². The van der Waals surface area contributed by atoms with Crippen molar-refractivity contribution in [3.8, 4) is 23.0 Å². The van der Waals surface area contributed by atoms with Crippen LogP contribution in [0.15, 0.2) is 192 Å². The molecule has 5 aliphatic carbocycles. The Hall–Kier alpha value is -6.52. The standard InChI is InChI=1S/C53H42N2O2/c1-5-21-49-45(16-1)54(46-17-2-6-22-50(46)56-49)37-28-30-40-39-29-26-35(33-42(39)53(43(40)34-37)31-9-10-32-53)25-27-36-13-11-15-41-38(36)14-12-20-44(41)55-47-18-3-7-23-51(47)57-52-24-8-4-19-48(52)55/h1-8,11-14,16-30,33-34,40-41,43H,9-10,15,31-32H2/b27-25+. The summed E-state index contributed by atoms with van der Waals surface area (Å²) in [6.07, 6.45) is 29.6. The van der Waals surface area contributed by atoms with Gasteiger partial charge in [-0.3, -0.25) is 0 Å². The van der Waals surface area contributed by atoms with E-state index in [-0.39, 0.29) is 11.3 Å². The van der Waals surface area contributed by atoms with E-state index in [1.807, 2.05) is 12.1 Å². The van der Waals surface area contributed by atoms with Gasteiger partial charge >= 0.3 is 0 Å². The minimum Gasteiger partial charge on any atom is -0.453 e. The Balaban J connectivity index is 0.881. The van der Waals surface area contributed by atoms with E-state index in [4.69, 9.17) is 9.47 Å². The largest absolute Gasteiger partial charge is 0.453 e. The van der Waals surface area contributed by atoms with Crippen LogP contribution in [0.5, 0.6) is 23.0 Å². The fourth-order valence-corrected chi connectivity index (χ4v) is 11.0. The normalized spacial score (nSPS) is 22.8. The van der Waals surface area contributed by atoms with Gasteiger partial charge in [0.25, 0.3) is 0 Å². The molecule has 5 aromatic rings. The summed E-state index contributed by atoms with van der Waals surface area (Å²) in [7, 11) is 0. The predicted octanol–water partition coefficient (Wildman–Crippen LogP) is 13.9. The van der Waals surface area contributed by atoms with Crippen LogP contribution in [0.25, 0.3) is 6.08 Å². The van der Waals surface area contributed by atoms with Gasteiger partial charge in [0.1, 0.15) is 0 Å². The first kappa shape index (κ1) is 32.7. The summed E-state index contributed by atoms with van der Waals surface area (Å²) in [4.78, 5) is 4.83. The van der Waals surface area contributed by atoms with E-state index >= 15 is 0 Å². The van der Waals surface area contributed by atoms with Crippen molar-refractivity contribution in [1.29, 1.82) is 0 Å². The summed E-state index contributed by atoms with van der Waals surface area (Å²) >= 11 is 0. The van der Waals surface area contributed by atoms with Crippen LogP contribution in [0.4, 0.5) is 22.7 Å². The quantitative estimate of drug-likeness (QED) is 0.183. The lowest BCUT2D eigenvalue weighted by molar-refractivity contribution is 0.335. The van der Waals surface area contributed by atoms with Gasteiger partial charge in [-0.05, 0) is 114 Å². The summed E-state index contributed by atoms with van der Waals surface area (Å²) in [5, 5.41) is 0. The van der Waals surface area contributed by atoms with E-state index in [1.165, 1.54) is 59.4 Å². The van der Waals surface area contributed by atoms with Crippen LogP contribution in [0.1, 0.15) is 54.7 Å². The highest BCUT2D eigenvalue weighted by Gasteiger charge is 2.52. The molecule has 1 saturated carbocycles. The van der Waals surface area contributed by atoms with Crippen molar-refractivity contribution in [2.45, 2.75) is 43.4 Å². The molecule has 4 heteroatoms. The average molecular weight is 739 g/mol. The first-order chi connectivity index (χ1) is 28.2. The average Bonchev–Trinajstić information content (AvgIpc) is 3.87. The molecule has 4 nitrogen and oxygen atoms in total. The van der Waals surface area contributed by atoms with Gasteiger partial charge in [0.15, 0.2) is 23.0 Å². The van der Waals surface area contributed by atoms with Crippen molar-refractivity contribution in [2.75, 3.05) is 9.80 Å². The maximum atomic E-state index is 6.38. The monoisotopic (exact) mass is 738 g/mol. The summed E-state index contributed by atoms with van der Waals surface area (Å²) in [5.74, 6) is 4.61. The third-order valence-corrected chi connectivity index (χ3v) is 13.4. The van der Waals surface area contributed by atoms with Gasteiger partial charge in [0.05, 0.1) is 22.7 Å². The number of nitrogens with zero attached hydrogens (tertiary/aromatic N) is 2. The second-order valence-electron chi connectivity index (χ2n) is 16.3. The molecule has 0 amide bonds. The lowest BCUT2D eigenvalue weighted by atomic mass is 9.69. The molecule has 3 unspecified atom stereocenters. The smallest absolute Gasteiger partial charge is 0.151 e. The van der Waals surface area contributed by atoms with Gasteiger partial charge in [-0.2, -0.15) is 0 Å². The SMILES string of the molecule is C1=CC2=C(/C=C/c3ccc4c(c3)C3(CCCC3)C3C=C(N5c6ccccc6Oc6ccccc65)C=CC43)C=CCC2C(N2c3ccccc3Oc3ccccc32)=C1. The highest BCUT2D eigenvalue weighted by atomic mass is 16.5. The molecule has 5 aromatic carbocycles. The minimum absolute atomic E-state index is 0.138. The van der Waals surface area contributed by atoms with Gasteiger partial charge in [0, 0.05) is 28.6 Å². The Labute approximate surface area is 334 Å². The third-order valence-electron chi connectivity index (χ3n) is 13.4. The number of hydrogen-bond donors (Lipinski definition) is 0. The topological polar surface area (TPSA) is 24.9 Å². The maximum absolute atomic E-state index is 6.38. The van der Waals surface area contributed by atoms with E-state index in [1.54, 1.807) is 5.56 Å². The second-order valence-corrected chi connectivity index (χ2v) is 16.3. The Morgan fingerprint density at radius 2 is 1.25 bits per heavy atom. The van der Waals surface area contributed by atoms with Crippen LogP contribution in [0.3, 0.4) is 0 Å². The molecule has 1 spiro atoms. The number of benzene rings is 5. The molecule has 7 aliphatic rings. The maximum Gasteiger partial charge on any atom is 0.151 e. The van der Waals surface area contributed by atoms with Crippen LogP contribution in [-0.4, -0.2) is 0 Å². The minimum atomic E-state index is 0.138. The molecule has 57 heavy (non-hydrogen) atoms. The molecule has 2 aliphatic heterocycles. The Morgan fingerprint density at radius 3 is 1.89 bits per heavy atom. The Bertz CT molecular complexity index is 2630. The van der Waals surface area contributed by atoms with Crippen molar-refractivity contribution >= 4 is 28.8 Å². The fourth-order valence-electron chi connectivity index (χ4n) is 11.0. The number of hydrogen-bond acceptors (Lipinski definition) is 4. The van der Waals surface area contributed by atoms with Gasteiger partial charge < -0.3 is 19.3 Å². The summed E-state index contributed by atoms with van der Waals surface area (Å²) < 4.78 is 12.7. The predicted molar refractivity (Wildman–Crippen MR) is 231 cm³/mol. The Kier molecular flexibility index (Phi) is 7.32. The molecule has 0 radical (unpaired) electrons. The highest BCUT2D eigenvalue weighted by molar-refractivity contribution is 5.84. The first-order valence-corrected chi connectivity index (χ1v) is 20.6. The molecular formula is C53H42N2O2. The van der Waals surface area contributed by atoms with E-state index in [0.29, 0.717) is 11.8 Å². The van der Waals surface area contributed by atoms with Gasteiger partial charge in [-0.15, -0.1) is 0 Å². The van der Waals surface area contributed by atoms with Gasteiger partial charge in [-0.1, -0.05) is 128 Å². The summed E-state index contributed by atoms with van der Waals surface area (Å²) in [6.45, 7) is 0. The van der Waals surface area contributed by atoms with Crippen molar-refractivity contribution < 1.29 is 9.47 Å². The van der Waals surface area contributed by atoms with Crippen molar-refractivity contribution in [1.82, 2.24) is 0 Å². The Morgan fingerprint density at radius 1 is 0.632 bits per heavy atom. The zero-order chi connectivity index (χ0) is 37.5. The van der Waals surface area contributed by atoms with E-state index in [9.17, 15) is 0 Å². The molecule has 12 rings (SSSR count). The van der Waals surface area contributed by atoms with Crippen LogP contribution in [-0.2, 0) is 5.41 Å². The molecule has 1 fully saturated rings. The summed E-state index contributed by atoms with van der Waals surface area (Å²) in [6, 6.07) is 41.0. The van der Waals surface area contributed by atoms with Crippen LogP contribution in [0.2, 0.25) is 0 Å². The van der Waals surface area contributed by atoms with Crippen molar-refractivity contribution in [3.63, 3.8) is 0 Å². The fraction of sp³-hybridized carbons (Fsp3) is 0.170. The molecule has 0 saturated heterocycles. The number of para-hydroxylation sites is 8. The molecular weight excluding hydrogens is 697 g/mol. The van der Waals surface area contributed by atoms with E-state index in [2.05, 4.69) is 174 Å². The lowest BCUT2D eigenvalue weighted by Crippen LogP contribution is -2.31. The van der Waals surface area contributed by atoms with Crippen LogP contribution in [0, 0.1) is 11.8 Å². The molecule has 0 N–H and O–H groups in total. The number of ether oxygens (including phenoxy) is 2. The zero-order valence-corrected chi connectivity index (χ0v) is 31.7. The van der Waals surface area contributed by atoms with Crippen molar-refractivity contribution in [2.24, 2.45) is 11.8 Å².